The number of hydrogen-bond donors (Lipinski definition) is 1. The van der Waals surface area contributed by atoms with E-state index in [1.165, 1.54) is 12.8 Å². The molecule has 2 aliphatic heterocycles. The van der Waals surface area contributed by atoms with Crippen LogP contribution in [0.25, 0.3) is 0 Å². The Morgan fingerprint density at radius 1 is 1.00 bits per heavy atom. The Morgan fingerprint density at radius 3 is 2.24 bits per heavy atom. The summed E-state index contributed by atoms with van der Waals surface area (Å²) in [5.41, 5.74) is 5.36. The first-order valence-electron chi connectivity index (χ1n) is 11.1. The summed E-state index contributed by atoms with van der Waals surface area (Å²) in [5, 5.41) is 10.4. The molecule has 4 rings (SSSR count). The lowest BCUT2D eigenvalue weighted by Gasteiger charge is -2.29. The van der Waals surface area contributed by atoms with Gasteiger partial charge >= 0.3 is 0 Å². The van der Waals surface area contributed by atoms with Crippen LogP contribution >= 0.6 is 47.2 Å². The third-order valence-corrected chi connectivity index (χ3v) is 6.91. The van der Waals surface area contributed by atoms with E-state index in [9.17, 15) is 4.79 Å². The molecule has 9 heteroatoms. The van der Waals surface area contributed by atoms with Gasteiger partial charge in [0.15, 0.2) is 0 Å². The molecule has 33 heavy (non-hydrogen) atoms. The van der Waals surface area contributed by atoms with E-state index in [-0.39, 0.29) is 30.3 Å². The number of anilines is 1. The summed E-state index contributed by atoms with van der Waals surface area (Å²) in [4.78, 5) is 13.4. The molecule has 0 spiro atoms. The minimum absolute atomic E-state index is 0. The number of hydrazone groups is 1. The van der Waals surface area contributed by atoms with Crippen LogP contribution < -0.4 is 10.4 Å². The summed E-state index contributed by atoms with van der Waals surface area (Å²) < 4.78 is 0. The van der Waals surface area contributed by atoms with E-state index in [1.54, 1.807) is 12.1 Å². The van der Waals surface area contributed by atoms with Crippen LogP contribution in [0.2, 0.25) is 15.1 Å². The minimum Gasteiger partial charge on any atom is -0.284 e. The highest BCUT2D eigenvalue weighted by atomic mass is 35.5. The molecule has 5 nitrogen and oxygen atoms in total. The summed E-state index contributed by atoms with van der Waals surface area (Å²) in [7, 11) is 0. The van der Waals surface area contributed by atoms with E-state index >= 15 is 0 Å². The first-order chi connectivity index (χ1) is 15.5. The van der Waals surface area contributed by atoms with Crippen molar-refractivity contribution in [2.75, 3.05) is 18.1 Å². The first kappa shape index (κ1) is 26.1. The number of benzene rings is 2. The fourth-order valence-corrected chi connectivity index (χ4v) is 5.11. The lowest BCUT2D eigenvalue weighted by Crippen LogP contribution is -2.47. The van der Waals surface area contributed by atoms with Gasteiger partial charge in [-0.3, -0.25) is 15.2 Å². The van der Waals surface area contributed by atoms with Gasteiger partial charge in [-0.25, -0.2) is 5.01 Å². The molecule has 1 N–H and O–H groups in total. The van der Waals surface area contributed by atoms with Crippen molar-refractivity contribution in [1.82, 2.24) is 10.4 Å². The molecular weight excluding hydrogens is 502 g/mol. The van der Waals surface area contributed by atoms with E-state index in [0.29, 0.717) is 26.5 Å². The van der Waals surface area contributed by atoms with Crippen molar-refractivity contribution in [2.45, 2.75) is 45.1 Å². The third-order valence-electron chi connectivity index (χ3n) is 6.12. The number of hydrazine groups is 1. The number of rotatable bonds is 5. The largest absolute Gasteiger partial charge is 0.284 e. The Hall–Kier alpha value is -1.50. The van der Waals surface area contributed by atoms with Crippen LogP contribution in [0.4, 0.5) is 5.69 Å². The maximum atomic E-state index is 13.4. The number of carbonyl (C=O) groups excluding carboxylic acids is 1. The fourth-order valence-electron chi connectivity index (χ4n) is 4.49. The normalized spacial score (nSPS) is 21.2. The Morgan fingerprint density at radius 2 is 1.64 bits per heavy atom. The van der Waals surface area contributed by atoms with E-state index in [1.807, 2.05) is 40.3 Å². The number of nitrogens with zero attached hydrogens (tertiary/aromatic N) is 3. The Balaban J connectivity index is 0.00000306. The molecule has 2 aromatic carbocycles. The molecular formula is C24H28Cl4N4O. The highest BCUT2D eigenvalue weighted by Crippen LogP contribution is 2.43. The Kier molecular flexibility index (Phi) is 9.31. The zero-order valence-corrected chi connectivity index (χ0v) is 21.5. The molecule has 0 bridgehead atoms. The van der Waals surface area contributed by atoms with Crippen LogP contribution in [-0.4, -0.2) is 29.7 Å². The summed E-state index contributed by atoms with van der Waals surface area (Å²) >= 11 is 18.8. The quantitative estimate of drug-likeness (QED) is 0.457. The van der Waals surface area contributed by atoms with E-state index < -0.39 is 0 Å². The Bertz CT molecular complexity index is 990. The van der Waals surface area contributed by atoms with E-state index in [4.69, 9.17) is 39.9 Å². The lowest BCUT2D eigenvalue weighted by molar-refractivity contribution is -0.119. The average Bonchev–Trinajstić information content (AvgIpc) is 2.96. The van der Waals surface area contributed by atoms with Gasteiger partial charge in [-0.15, -0.1) is 12.4 Å². The average molecular weight is 530 g/mol. The Labute approximate surface area is 216 Å². The van der Waals surface area contributed by atoms with Crippen molar-refractivity contribution >= 4 is 64.5 Å². The molecule has 1 amide bonds. The van der Waals surface area contributed by atoms with Gasteiger partial charge in [0.25, 0.3) is 5.91 Å². The standard InChI is InChI=1S/C24H27Cl3N4O.ClH/c1-2-19-22(24(32)29-30-13-5-3-4-6-14-30)28-31(21-12-11-18(26)15-20(21)27)23(19)16-7-9-17(25)10-8-16;/h7-12,15,19,23H,2-6,13-14H2,1H3,(H,29,32);1H/t19-,23-;/m0./s1. The van der Waals surface area contributed by atoms with Gasteiger partial charge in [-0.2, -0.15) is 5.10 Å². The van der Waals surface area contributed by atoms with Crippen LogP contribution in [0, 0.1) is 5.92 Å². The number of amides is 1. The van der Waals surface area contributed by atoms with Crippen LogP contribution in [0.15, 0.2) is 47.6 Å². The first-order valence-corrected chi connectivity index (χ1v) is 12.3. The molecule has 0 aromatic heterocycles. The number of carbonyl (C=O) groups is 1. The maximum absolute atomic E-state index is 13.4. The molecule has 2 atom stereocenters. The molecule has 0 radical (unpaired) electrons. The monoisotopic (exact) mass is 528 g/mol. The second kappa shape index (κ2) is 11.8. The van der Waals surface area contributed by atoms with Gasteiger partial charge in [0.05, 0.1) is 16.8 Å². The predicted molar refractivity (Wildman–Crippen MR) is 140 cm³/mol. The lowest BCUT2D eigenvalue weighted by atomic mass is 9.87. The van der Waals surface area contributed by atoms with Crippen LogP contribution in [0.5, 0.6) is 0 Å². The molecule has 0 aliphatic carbocycles. The molecule has 0 unspecified atom stereocenters. The van der Waals surface area contributed by atoms with Crippen molar-refractivity contribution in [2.24, 2.45) is 11.0 Å². The van der Waals surface area contributed by atoms with Crippen molar-refractivity contribution in [3.05, 3.63) is 63.1 Å². The number of halogens is 4. The summed E-state index contributed by atoms with van der Waals surface area (Å²) in [6.07, 6.45) is 5.33. The second-order valence-corrected chi connectivity index (χ2v) is 9.56. The summed E-state index contributed by atoms with van der Waals surface area (Å²) in [6, 6.07) is 12.8. The molecule has 2 heterocycles. The van der Waals surface area contributed by atoms with Gasteiger partial charge in [0.2, 0.25) is 0 Å². The molecule has 1 fully saturated rings. The maximum Gasteiger partial charge on any atom is 0.282 e. The van der Waals surface area contributed by atoms with Crippen molar-refractivity contribution in [1.29, 1.82) is 0 Å². The summed E-state index contributed by atoms with van der Waals surface area (Å²) in [6.45, 7) is 3.81. The molecule has 1 saturated heterocycles. The second-order valence-electron chi connectivity index (χ2n) is 8.28. The number of nitrogens with one attached hydrogen (secondary N) is 1. The van der Waals surface area contributed by atoms with Gasteiger partial charge < -0.3 is 0 Å². The smallest absolute Gasteiger partial charge is 0.282 e. The van der Waals surface area contributed by atoms with Gasteiger partial charge in [-0.05, 0) is 55.2 Å². The molecule has 0 saturated carbocycles. The van der Waals surface area contributed by atoms with Crippen LogP contribution in [-0.2, 0) is 4.79 Å². The van der Waals surface area contributed by atoms with E-state index in [0.717, 1.165) is 37.9 Å². The fraction of sp³-hybridized carbons (Fsp3) is 0.417. The third kappa shape index (κ3) is 5.95. The SMILES string of the molecule is CC[C@H]1C(C(=O)NN2CCCCCC2)=NN(c2ccc(Cl)cc2Cl)[C@H]1c1ccc(Cl)cc1.Cl. The zero-order chi connectivity index (χ0) is 22.7. The van der Waals surface area contributed by atoms with Crippen molar-refractivity contribution in [3.63, 3.8) is 0 Å². The minimum atomic E-state index is -0.180. The number of hydrogen-bond acceptors (Lipinski definition) is 4. The van der Waals surface area contributed by atoms with Crippen molar-refractivity contribution < 1.29 is 4.79 Å². The molecule has 2 aliphatic rings. The van der Waals surface area contributed by atoms with Crippen LogP contribution in [0.1, 0.15) is 50.6 Å². The van der Waals surface area contributed by atoms with Gasteiger partial charge in [0.1, 0.15) is 5.71 Å². The molecule has 178 valence electrons. The van der Waals surface area contributed by atoms with Crippen molar-refractivity contribution in [3.8, 4) is 0 Å². The summed E-state index contributed by atoms with van der Waals surface area (Å²) in [5.74, 6) is -0.250. The topological polar surface area (TPSA) is 47.9 Å². The highest BCUT2D eigenvalue weighted by Gasteiger charge is 2.42. The van der Waals surface area contributed by atoms with Gasteiger partial charge in [-0.1, -0.05) is 66.7 Å². The molecule has 2 aromatic rings. The predicted octanol–water partition coefficient (Wildman–Crippen LogP) is 6.92. The highest BCUT2D eigenvalue weighted by molar-refractivity contribution is 6.41. The zero-order valence-electron chi connectivity index (χ0n) is 18.4. The van der Waals surface area contributed by atoms with E-state index in [2.05, 4.69) is 12.3 Å². The van der Waals surface area contributed by atoms with Crippen LogP contribution in [0.3, 0.4) is 0 Å². The van der Waals surface area contributed by atoms with Gasteiger partial charge in [0, 0.05) is 29.1 Å².